The van der Waals surface area contributed by atoms with Crippen molar-refractivity contribution < 1.29 is 0 Å². The van der Waals surface area contributed by atoms with Crippen LogP contribution < -0.4 is 4.90 Å². The molecule has 1 aliphatic rings. The summed E-state index contributed by atoms with van der Waals surface area (Å²) in [5, 5.41) is 0. The maximum atomic E-state index is 4.93. The Bertz CT molecular complexity index is 909. The van der Waals surface area contributed by atoms with Crippen molar-refractivity contribution in [3.05, 3.63) is 102 Å². The summed E-state index contributed by atoms with van der Waals surface area (Å²) >= 11 is 0. The van der Waals surface area contributed by atoms with Gasteiger partial charge in [-0.1, -0.05) is 72.8 Å². The lowest BCUT2D eigenvalue weighted by Gasteiger charge is -2.19. The highest BCUT2D eigenvalue weighted by molar-refractivity contribution is 6.18. The molecule has 3 aromatic carbocycles. The van der Waals surface area contributed by atoms with Crippen molar-refractivity contribution in [2.24, 2.45) is 4.99 Å². The first kappa shape index (κ1) is 14.5. The SMILES string of the molecule is CN(C1=N/C(=C\c2ccccc2)c2ccccc21)c1ccccc1. The normalized spacial score (nSPS) is 14.4. The van der Waals surface area contributed by atoms with Crippen molar-refractivity contribution >= 4 is 23.3 Å². The second-order valence-electron chi connectivity index (χ2n) is 5.82. The number of amidine groups is 1. The predicted molar refractivity (Wildman–Crippen MR) is 102 cm³/mol. The second kappa shape index (κ2) is 6.17. The zero-order chi connectivity index (χ0) is 16.4. The maximum Gasteiger partial charge on any atom is 0.141 e. The van der Waals surface area contributed by atoms with Gasteiger partial charge in [-0.15, -0.1) is 0 Å². The van der Waals surface area contributed by atoms with Gasteiger partial charge >= 0.3 is 0 Å². The van der Waals surface area contributed by atoms with Gasteiger partial charge in [-0.3, -0.25) is 0 Å². The van der Waals surface area contributed by atoms with Crippen LogP contribution in [0.1, 0.15) is 16.7 Å². The van der Waals surface area contributed by atoms with E-state index in [1.54, 1.807) is 0 Å². The van der Waals surface area contributed by atoms with Crippen molar-refractivity contribution in [2.45, 2.75) is 0 Å². The quantitative estimate of drug-likeness (QED) is 0.644. The molecule has 0 radical (unpaired) electrons. The largest absolute Gasteiger partial charge is 0.329 e. The summed E-state index contributed by atoms with van der Waals surface area (Å²) in [5.74, 6) is 0.985. The first-order valence-electron chi connectivity index (χ1n) is 8.07. The first-order chi connectivity index (χ1) is 11.8. The molecule has 2 heteroatoms. The summed E-state index contributed by atoms with van der Waals surface area (Å²) in [6.45, 7) is 0. The van der Waals surface area contributed by atoms with Gasteiger partial charge in [0.15, 0.2) is 0 Å². The molecule has 0 aliphatic carbocycles. The van der Waals surface area contributed by atoms with E-state index in [1.165, 1.54) is 11.1 Å². The Morgan fingerprint density at radius 3 is 2.00 bits per heavy atom. The Kier molecular flexibility index (Phi) is 3.72. The van der Waals surface area contributed by atoms with Crippen molar-refractivity contribution in [1.29, 1.82) is 0 Å². The molecular weight excluding hydrogens is 292 g/mol. The van der Waals surface area contributed by atoms with Crippen molar-refractivity contribution in [1.82, 2.24) is 0 Å². The minimum absolute atomic E-state index is 0.985. The molecule has 1 heterocycles. The smallest absolute Gasteiger partial charge is 0.141 e. The Morgan fingerprint density at radius 1 is 0.708 bits per heavy atom. The van der Waals surface area contributed by atoms with Gasteiger partial charge in [0.25, 0.3) is 0 Å². The van der Waals surface area contributed by atoms with Gasteiger partial charge in [-0.2, -0.15) is 0 Å². The fourth-order valence-electron chi connectivity index (χ4n) is 2.98. The number of nitrogens with zero attached hydrogens (tertiary/aromatic N) is 2. The highest BCUT2D eigenvalue weighted by atomic mass is 15.2. The number of fused-ring (bicyclic) bond motifs is 1. The lowest BCUT2D eigenvalue weighted by molar-refractivity contribution is 1.26. The summed E-state index contributed by atoms with van der Waals surface area (Å²) in [7, 11) is 2.07. The number of hydrogen-bond acceptors (Lipinski definition) is 2. The minimum atomic E-state index is 0.985. The van der Waals surface area contributed by atoms with Crippen LogP contribution in [0, 0.1) is 0 Å². The highest BCUT2D eigenvalue weighted by Gasteiger charge is 2.23. The molecule has 4 rings (SSSR count). The average molecular weight is 310 g/mol. The monoisotopic (exact) mass is 310 g/mol. The van der Waals surface area contributed by atoms with E-state index in [9.17, 15) is 0 Å². The van der Waals surface area contributed by atoms with Crippen molar-refractivity contribution in [2.75, 3.05) is 11.9 Å². The predicted octanol–water partition coefficient (Wildman–Crippen LogP) is 5.08. The lowest BCUT2D eigenvalue weighted by Crippen LogP contribution is -2.25. The van der Waals surface area contributed by atoms with E-state index < -0.39 is 0 Å². The third kappa shape index (κ3) is 2.63. The summed E-state index contributed by atoms with van der Waals surface area (Å²) < 4.78 is 0. The molecule has 0 unspecified atom stereocenters. The number of rotatable bonds is 2. The van der Waals surface area contributed by atoms with Gasteiger partial charge in [0.2, 0.25) is 0 Å². The van der Waals surface area contributed by atoms with Crippen LogP contribution in [-0.4, -0.2) is 12.9 Å². The third-order valence-electron chi connectivity index (χ3n) is 4.23. The standard InChI is InChI=1S/C22H18N2/c1-24(18-12-6-3-7-13-18)22-20-15-9-8-14-19(20)21(23-22)16-17-10-4-2-5-11-17/h2-16H,1H3/b21-16-. The van der Waals surface area contributed by atoms with Crippen molar-refractivity contribution in [3.8, 4) is 0 Å². The Labute approximate surface area is 142 Å². The molecule has 0 aromatic heterocycles. The van der Waals surface area contributed by atoms with E-state index in [-0.39, 0.29) is 0 Å². The summed E-state index contributed by atoms with van der Waals surface area (Å²) in [5.41, 5.74) is 5.65. The lowest BCUT2D eigenvalue weighted by atomic mass is 10.0. The molecule has 0 spiro atoms. The third-order valence-corrected chi connectivity index (χ3v) is 4.23. The van der Waals surface area contributed by atoms with E-state index >= 15 is 0 Å². The molecule has 0 fully saturated rings. The Morgan fingerprint density at radius 2 is 1.29 bits per heavy atom. The zero-order valence-corrected chi connectivity index (χ0v) is 13.6. The maximum absolute atomic E-state index is 4.93. The van der Waals surface area contributed by atoms with Crippen molar-refractivity contribution in [3.63, 3.8) is 0 Å². The fraction of sp³-hybridized carbons (Fsp3) is 0.0455. The first-order valence-corrected chi connectivity index (χ1v) is 8.07. The molecule has 0 bridgehead atoms. The van der Waals surface area contributed by atoms with Crippen LogP contribution >= 0.6 is 0 Å². The molecule has 24 heavy (non-hydrogen) atoms. The molecule has 0 amide bonds. The van der Waals surface area contributed by atoms with E-state index in [0.29, 0.717) is 0 Å². The summed E-state index contributed by atoms with van der Waals surface area (Å²) in [6.07, 6.45) is 2.14. The van der Waals surface area contributed by atoms with Gasteiger partial charge < -0.3 is 4.90 Å². The summed E-state index contributed by atoms with van der Waals surface area (Å²) in [6, 6.07) is 29.1. The van der Waals surface area contributed by atoms with Gasteiger partial charge in [-0.25, -0.2) is 4.99 Å². The summed E-state index contributed by atoms with van der Waals surface area (Å²) in [4.78, 5) is 7.07. The van der Waals surface area contributed by atoms with Crippen LogP contribution in [0.4, 0.5) is 5.69 Å². The average Bonchev–Trinajstić information content (AvgIpc) is 3.01. The molecule has 0 atom stereocenters. The number of anilines is 1. The number of para-hydroxylation sites is 1. The molecule has 0 saturated heterocycles. The molecule has 3 aromatic rings. The van der Waals surface area contributed by atoms with Crippen LogP contribution in [0.25, 0.3) is 11.8 Å². The van der Waals surface area contributed by atoms with Gasteiger partial charge in [-0.05, 0) is 23.8 Å². The topological polar surface area (TPSA) is 15.6 Å². The minimum Gasteiger partial charge on any atom is -0.329 e. The molecule has 0 N–H and O–H groups in total. The molecule has 1 aliphatic heterocycles. The van der Waals surface area contributed by atoms with E-state index in [2.05, 4.69) is 66.6 Å². The van der Waals surface area contributed by atoms with E-state index in [1.807, 2.05) is 36.4 Å². The number of aliphatic imine (C=N–C) groups is 1. The van der Waals surface area contributed by atoms with Crippen LogP contribution in [0.2, 0.25) is 0 Å². The van der Waals surface area contributed by atoms with Gasteiger partial charge in [0.05, 0.1) is 5.70 Å². The highest BCUT2D eigenvalue weighted by Crippen LogP contribution is 2.32. The Hall–Kier alpha value is -3.13. The second-order valence-corrected chi connectivity index (χ2v) is 5.82. The van der Waals surface area contributed by atoms with Gasteiger partial charge in [0, 0.05) is 23.9 Å². The van der Waals surface area contributed by atoms with E-state index in [0.717, 1.165) is 22.8 Å². The van der Waals surface area contributed by atoms with Crippen LogP contribution in [0.5, 0.6) is 0 Å². The zero-order valence-electron chi connectivity index (χ0n) is 13.6. The number of benzene rings is 3. The van der Waals surface area contributed by atoms with Crippen LogP contribution in [0.15, 0.2) is 89.9 Å². The number of hydrogen-bond donors (Lipinski definition) is 0. The fourth-order valence-corrected chi connectivity index (χ4v) is 2.98. The van der Waals surface area contributed by atoms with Gasteiger partial charge in [0.1, 0.15) is 5.84 Å². The molecule has 116 valence electrons. The van der Waals surface area contributed by atoms with Crippen LogP contribution in [0.3, 0.4) is 0 Å². The molecule has 2 nitrogen and oxygen atoms in total. The Balaban J connectivity index is 1.80. The molecular formula is C22H18N2. The van der Waals surface area contributed by atoms with Crippen LogP contribution in [-0.2, 0) is 0 Å². The molecule has 0 saturated carbocycles. The van der Waals surface area contributed by atoms with E-state index in [4.69, 9.17) is 4.99 Å².